The number of nitrogens with zero attached hydrogens (tertiary/aromatic N) is 2. The van der Waals surface area contributed by atoms with Crippen molar-refractivity contribution in [3.05, 3.63) is 75.2 Å². The maximum Gasteiger partial charge on any atom is 0.251 e. The lowest BCUT2D eigenvalue weighted by molar-refractivity contribution is -0.114. The molecule has 2 heterocycles. The highest BCUT2D eigenvalue weighted by molar-refractivity contribution is 7.09. The number of rotatable bonds is 5. The molecule has 1 aliphatic rings. The molecular formula is C21H21N3OS. The zero-order valence-electron chi connectivity index (χ0n) is 14.7. The maximum atomic E-state index is 12.9. The summed E-state index contributed by atoms with van der Waals surface area (Å²) in [4.78, 5) is 15.8. The molecular weight excluding hydrogens is 342 g/mol. The van der Waals surface area contributed by atoms with E-state index in [9.17, 15) is 4.79 Å². The highest BCUT2D eigenvalue weighted by atomic mass is 32.1. The fraction of sp³-hybridized carbons (Fsp3) is 0.238. The number of fused-ring (bicyclic) bond motifs is 1. The molecule has 26 heavy (non-hydrogen) atoms. The molecule has 1 N–H and O–H groups in total. The second-order valence-electron chi connectivity index (χ2n) is 6.60. The summed E-state index contributed by atoms with van der Waals surface area (Å²) in [7, 11) is 0. The van der Waals surface area contributed by atoms with E-state index in [1.165, 1.54) is 24.0 Å². The number of thiophene rings is 1. The van der Waals surface area contributed by atoms with E-state index in [0.717, 1.165) is 28.2 Å². The Kier molecular flexibility index (Phi) is 4.71. The number of nitrogens with one attached hydrogen (secondary N) is 1. The molecule has 132 valence electrons. The van der Waals surface area contributed by atoms with Gasteiger partial charge < -0.3 is 4.90 Å². The van der Waals surface area contributed by atoms with Crippen molar-refractivity contribution in [2.45, 2.75) is 32.7 Å². The van der Waals surface area contributed by atoms with E-state index >= 15 is 0 Å². The van der Waals surface area contributed by atoms with Gasteiger partial charge in [0, 0.05) is 11.0 Å². The van der Waals surface area contributed by atoms with Crippen LogP contribution < -0.4 is 4.90 Å². The first kappa shape index (κ1) is 16.8. The highest BCUT2D eigenvalue weighted by Gasteiger charge is 2.18. The average molecular weight is 363 g/mol. The summed E-state index contributed by atoms with van der Waals surface area (Å²) >= 11 is 1.65. The van der Waals surface area contributed by atoms with Crippen LogP contribution in [0.25, 0.3) is 6.08 Å². The summed E-state index contributed by atoms with van der Waals surface area (Å²) in [6.07, 6.45) is 8.84. The lowest BCUT2D eigenvalue weighted by Gasteiger charge is -2.19. The van der Waals surface area contributed by atoms with Crippen LogP contribution in [0.3, 0.4) is 0 Å². The van der Waals surface area contributed by atoms with Gasteiger partial charge in [0.1, 0.15) is 0 Å². The second kappa shape index (κ2) is 7.30. The largest absolute Gasteiger partial charge is 0.300 e. The molecule has 0 saturated carbocycles. The number of aromatic nitrogens is 2. The van der Waals surface area contributed by atoms with Gasteiger partial charge in [-0.15, -0.1) is 11.3 Å². The first-order valence-electron chi connectivity index (χ1n) is 8.84. The number of hydrogen-bond donors (Lipinski definition) is 1. The van der Waals surface area contributed by atoms with E-state index in [1.54, 1.807) is 28.5 Å². The number of amides is 1. The summed E-state index contributed by atoms with van der Waals surface area (Å²) in [6, 6.07) is 10.5. The molecule has 5 heteroatoms. The van der Waals surface area contributed by atoms with Gasteiger partial charge in [-0.1, -0.05) is 24.3 Å². The SMILES string of the molecule is Cc1[nH]ncc1N(Cc1cccs1)C(=O)/C=C/c1ccc2c(c1)CCC2. The average Bonchev–Trinajstić information content (AvgIpc) is 3.39. The zero-order valence-corrected chi connectivity index (χ0v) is 15.6. The number of carbonyl (C=O) groups is 1. The molecule has 2 aromatic heterocycles. The van der Waals surface area contributed by atoms with Crippen molar-refractivity contribution in [3.63, 3.8) is 0 Å². The van der Waals surface area contributed by atoms with Crippen LogP contribution in [-0.2, 0) is 24.2 Å². The van der Waals surface area contributed by atoms with E-state index in [0.29, 0.717) is 6.54 Å². The van der Waals surface area contributed by atoms with Gasteiger partial charge >= 0.3 is 0 Å². The maximum absolute atomic E-state index is 12.9. The number of benzene rings is 1. The van der Waals surface area contributed by atoms with Gasteiger partial charge in [-0.25, -0.2) is 0 Å². The molecule has 0 saturated heterocycles. The Balaban J connectivity index is 1.57. The van der Waals surface area contributed by atoms with Crippen molar-refractivity contribution in [1.29, 1.82) is 0 Å². The quantitative estimate of drug-likeness (QED) is 0.678. The van der Waals surface area contributed by atoms with Crippen LogP contribution in [0.1, 0.15) is 33.7 Å². The van der Waals surface area contributed by atoms with Crippen LogP contribution in [0.5, 0.6) is 0 Å². The molecule has 1 amide bonds. The Bertz CT molecular complexity index is 940. The summed E-state index contributed by atoms with van der Waals surface area (Å²) in [6.45, 7) is 2.48. The van der Waals surface area contributed by atoms with Crippen LogP contribution in [0.4, 0.5) is 5.69 Å². The normalized spacial score (nSPS) is 13.3. The summed E-state index contributed by atoms with van der Waals surface area (Å²) in [5, 5.41) is 9.02. The van der Waals surface area contributed by atoms with Crippen LogP contribution in [0.15, 0.2) is 48.0 Å². The molecule has 4 rings (SSSR count). The zero-order chi connectivity index (χ0) is 17.9. The third kappa shape index (κ3) is 3.48. The molecule has 1 aromatic carbocycles. The topological polar surface area (TPSA) is 49.0 Å². The van der Waals surface area contributed by atoms with Crippen molar-refractivity contribution >= 4 is 29.0 Å². The van der Waals surface area contributed by atoms with Gasteiger partial charge in [-0.05, 0) is 60.4 Å². The standard InChI is InChI=1S/C21H21N3OS/c1-15-20(13-22-23-15)24(14-19-6-3-11-26-19)21(25)10-8-16-7-9-17-4-2-5-18(17)12-16/h3,6-13H,2,4-5,14H2,1H3,(H,22,23)/b10-8+. The molecule has 3 aromatic rings. The highest BCUT2D eigenvalue weighted by Crippen LogP contribution is 2.24. The van der Waals surface area contributed by atoms with Gasteiger partial charge in [-0.3, -0.25) is 9.89 Å². The van der Waals surface area contributed by atoms with E-state index in [1.807, 2.05) is 30.5 Å². The lowest BCUT2D eigenvalue weighted by atomic mass is 10.1. The third-order valence-corrected chi connectivity index (χ3v) is 5.66. The first-order valence-corrected chi connectivity index (χ1v) is 9.72. The predicted molar refractivity (Wildman–Crippen MR) is 106 cm³/mol. The Morgan fingerprint density at radius 3 is 2.96 bits per heavy atom. The van der Waals surface area contributed by atoms with Crippen molar-refractivity contribution in [3.8, 4) is 0 Å². The Hall–Kier alpha value is -2.66. The first-order chi connectivity index (χ1) is 12.7. The van der Waals surface area contributed by atoms with E-state index in [2.05, 4.69) is 28.4 Å². The van der Waals surface area contributed by atoms with Crippen LogP contribution in [0, 0.1) is 6.92 Å². The van der Waals surface area contributed by atoms with Crippen LogP contribution in [0.2, 0.25) is 0 Å². The van der Waals surface area contributed by atoms with Gasteiger partial charge in [0.2, 0.25) is 0 Å². The number of aromatic amines is 1. The molecule has 0 aliphatic heterocycles. The van der Waals surface area contributed by atoms with E-state index in [-0.39, 0.29) is 5.91 Å². The summed E-state index contributed by atoms with van der Waals surface area (Å²) < 4.78 is 0. The number of hydrogen-bond acceptors (Lipinski definition) is 3. The summed E-state index contributed by atoms with van der Waals surface area (Å²) in [5.41, 5.74) is 5.66. The molecule has 1 aliphatic carbocycles. The lowest BCUT2D eigenvalue weighted by Crippen LogP contribution is -2.28. The van der Waals surface area contributed by atoms with Crippen molar-refractivity contribution in [2.24, 2.45) is 0 Å². The van der Waals surface area contributed by atoms with E-state index < -0.39 is 0 Å². The molecule has 0 bridgehead atoms. The molecule has 0 spiro atoms. The van der Waals surface area contributed by atoms with Crippen molar-refractivity contribution in [2.75, 3.05) is 4.90 Å². The minimum atomic E-state index is -0.0385. The third-order valence-electron chi connectivity index (χ3n) is 4.80. The second-order valence-corrected chi connectivity index (χ2v) is 7.63. The number of anilines is 1. The fourth-order valence-corrected chi connectivity index (χ4v) is 4.10. The van der Waals surface area contributed by atoms with Crippen molar-refractivity contribution < 1.29 is 4.79 Å². The van der Waals surface area contributed by atoms with Gasteiger partial charge in [0.05, 0.1) is 24.1 Å². The summed E-state index contributed by atoms with van der Waals surface area (Å²) in [5.74, 6) is -0.0385. The smallest absolute Gasteiger partial charge is 0.251 e. The van der Waals surface area contributed by atoms with E-state index in [4.69, 9.17) is 0 Å². The Morgan fingerprint density at radius 2 is 2.19 bits per heavy atom. The number of carbonyl (C=O) groups excluding carboxylic acids is 1. The van der Waals surface area contributed by atoms with Crippen molar-refractivity contribution in [1.82, 2.24) is 10.2 Å². The van der Waals surface area contributed by atoms with Gasteiger partial charge in [0.15, 0.2) is 0 Å². The Morgan fingerprint density at radius 1 is 1.31 bits per heavy atom. The molecule has 4 nitrogen and oxygen atoms in total. The van der Waals surface area contributed by atoms with Gasteiger partial charge in [-0.2, -0.15) is 5.10 Å². The van der Waals surface area contributed by atoms with Crippen LogP contribution in [-0.4, -0.2) is 16.1 Å². The molecule has 0 atom stereocenters. The predicted octanol–water partition coefficient (Wildman–Crippen LogP) is 4.51. The van der Waals surface area contributed by atoms with Gasteiger partial charge in [0.25, 0.3) is 5.91 Å². The molecule has 0 radical (unpaired) electrons. The molecule has 0 unspecified atom stereocenters. The minimum Gasteiger partial charge on any atom is -0.300 e. The number of aryl methyl sites for hydroxylation is 3. The van der Waals surface area contributed by atoms with Crippen LogP contribution >= 0.6 is 11.3 Å². The number of H-pyrrole nitrogens is 1. The fourth-order valence-electron chi connectivity index (χ4n) is 3.41. The molecule has 0 fully saturated rings. The monoisotopic (exact) mass is 363 g/mol. The minimum absolute atomic E-state index is 0.0385. The Labute approximate surface area is 157 Å².